The molecule has 1 aliphatic carbocycles. The Bertz CT molecular complexity index is 260. The zero-order valence-electron chi connectivity index (χ0n) is 8.78. The summed E-state index contributed by atoms with van der Waals surface area (Å²) in [6.07, 6.45) is 7.82. The monoisotopic (exact) mass is 206 g/mol. The van der Waals surface area contributed by atoms with Crippen LogP contribution in [0.3, 0.4) is 0 Å². The van der Waals surface area contributed by atoms with Crippen LogP contribution in [0.4, 0.5) is 0 Å². The molecule has 0 aliphatic heterocycles. The van der Waals surface area contributed by atoms with Crippen molar-refractivity contribution in [1.29, 1.82) is 0 Å². The lowest BCUT2D eigenvalue weighted by molar-refractivity contribution is 0.453. The summed E-state index contributed by atoms with van der Waals surface area (Å²) < 4.78 is 0. The second-order valence-corrected chi connectivity index (χ2v) is 5.26. The van der Waals surface area contributed by atoms with Crippen LogP contribution >= 0.6 is 11.8 Å². The minimum absolute atomic E-state index is 0.833. The van der Waals surface area contributed by atoms with E-state index in [9.17, 15) is 0 Å². The number of hydrogen-bond donors (Lipinski definition) is 0. The molecule has 0 spiro atoms. The van der Waals surface area contributed by atoms with Gasteiger partial charge in [0.05, 0.1) is 0 Å². The third-order valence-corrected chi connectivity index (χ3v) is 4.42. The topological polar surface area (TPSA) is 0 Å². The van der Waals surface area contributed by atoms with Crippen molar-refractivity contribution < 1.29 is 0 Å². The summed E-state index contributed by atoms with van der Waals surface area (Å²) in [5.41, 5.74) is 1.55. The fraction of sp³-hybridized carbons (Fsp3) is 0.538. The van der Waals surface area contributed by atoms with Gasteiger partial charge in [0.2, 0.25) is 0 Å². The molecule has 1 saturated carbocycles. The molecule has 0 amide bonds. The summed E-state index contributed by atoms with van der Waals surface area (Å²) in [5.74, 6) is 0.833. The Balaban J connectivity index is 1.96. The summed E-state index contributed by atoms with van der Waals surface area (Å²) in [6, 6.07) is 11.0. The molecule has 0 radical (unpaired) electrons. The van der Waals surface area contributed by atoms with Crippen molar-refractivity contribution in [2.45, 2.75) is 36.9 Å². The Hall–Kier alpha value is -0.430. The first kappa shape index (κ1) is 10.1. The molecular weight excluding hydrogens is 188 g/mol. The lowest BCUT2D eigenvalue weighted by atomic mass is 9.84. The van der Waals surface area contributed by atoms with Gasteiger partial charge < -0.3 is 0 Å². The first-order chi connectivity index (χ1) is 6.90. The molecule has 0 aromatic heterocycles. The summed E-state index contributed by atoms with van der Waals surface area (Å²) in [4.78, 5) is 0. The van der Waals surface area contributed by atoms with Crippen LogP contribution in [0.25, 0.3) is 0 Å². The van der Waals surface area contributed by atoms with Crippen LogP contribution in [0.1, 0.15) is 37.2 Å². The van der Waals surface area contributed by atoms with E-state index in [4.69, 9.17) is 0 Å². The van der Waals surface area contributed by atoms with E-state index >= 15 is 0 Å². The summed E-state index contributed by atoms with van der Waals surface area (Å²) in [7, 11) is 0. The van der Waals surface area contributed by atoms with Crippen molar-refractivity contribution in [2.24, 2.45) is 0 Å². The SMILES string of the molecule is CSC1CCC(c2ccccc2)CC1. The third kappa shape index (κ3) is 2.33. The summed E-state index contributed by atoms with van der Waals surface area (Å²) >= 11 is 2.04. The van der Waals surface area contributed by atoms with E-state index in [0.717, 1.165) is 11.2 Å². The molecule has 0 heterocycles. The van der Waals surface area contributed by atoms with E-state index in [2.05, 4.69) is 36.6 Å². The van der Waals surface area contributed by atoms with Gasteiger partial charge in [-0.25, -0.2) is 0 Å². The van der Waals surface area contributed by atoms with Gasteiger partial charge in [-0.05, 0) is 43.4 Å². The van der Waals surface area contributed by atoms with Crippen molar-refractivity contribution in [1.82, 2.24) is 0 Å². The van der Waals surface area contributed by atoms with Crippen molar-refractivity contribution in [3.8, 4) is 0 Å². The minimum Gasteiger partial charge on any atom is -0.162 e. The molecule has 0 atom stereocenters. The average molecular weight is 206 g/mol. The van der Waals surface area contributed by atoms with Gasteiger partial charge in [0.1, 0.15) is 0 Å². The van der Waals surface area contributed by atoms with Crippen molar-refractivity contribution in [3.63, 3.8) is 0 Å². The van der Waals surface area contributed by atoms with Gasteiger partial charge in [0.25, 0.3) is 0 Å². The number of hydrogen-bond acceptors (Lipinski definition) is 1. The number of thioether (sulfide) groups is 1. The number of rotatable bonds is 2. The van der Waals surface area contributed by atoms with E-state index in [-0.39, 0.29) is 0 Å². The van der Waals surface area contributed by atoms with Gasteiger partial charge in [0, 0.05) is 5.25 Å². The summed E-state index contributed by atoms with van der Waals surface area (Å²) in [6.45, 7) is 0. The van der Waals surface area contributed by atoms with E-state index in [0.29, 0.717) is 0 Å². The first-order valence-corrected chi connectivity index (χ1v) is 6.76. The molecule has 0 bridgehead atoms. The minimum atomic E-state index is 0.833. The molecule has 1 aromatic carbocycles. The van der Waals surface area contributed by atoms with Crippen molar-refractivity contribution >= 4 is 11.8 Å². The highest BCUT2D eigenvalue weighted by molar-refractivity contribution is 7.99. The first-order valence-electron chi connectivity index (χ1n) is 5.48. The highest BCUT2D eigenvalue weighted by Gasteiger charge is 2.21. The molecule has 0 N–H and O–H groups in total. The van der Waals surface area contributed by atoms with E-state index in [1.54, 1.807) is 5.56 Å². The standard InChI is InChI=1S/C13H18S/c1-14-13-9-7-12(8-10-13)11-5-3-2-4-6-11/h2-6,12-13H,7-10H2,1H3. The van der Waals surface area contributed by atoms with Crippen LogP contribution in [0.2, 0.25) is 0 Å². The van der Waals surface area contributed by atoms with Crippen molar-refractivity contribution in [2.75, 3.05) is 6.26 Å². The van der Waals surface area contributed by atoms with Gasteiger partial charge in [-0.3, -0.25) is 0 Å². The lowest BCUT2D eigenvalue weighted by Crippen LogP contribution is -2.14. The largest absolute Gasteiger partial charge is 0.162 e. The van der Waals surface area contributed by atoms with Crippen LogP contribution in [-0.2, 0) is 0 Å². The molecule has 0 nitrogen and oxygen atoms in total. The highest BCUT2D eigenvalue weighted by atomic mass is 32.2. The normalized spacial score (nSPS) is 27.5. The molecule has 1 fully saturated rings. The van der Waals surface area contributed by atoms with E-state index in [1.165, 1.54) is 25.7 Å². The van der Waals surface area contributed by atoms with Gasteiger partial charge in [-0.2, -0.15) is 11.8 Å². The molecule has 0 saturated heterocycles. The van der Waals surface area contributed by atoms with Gasteiger partial charge in [0.15, 0.2) is 0 Å². The Labute approximate surface area is 91.1 Å². The zero-order valence-corrected chi connectivity index (χ0v) is 9.59. The second kappa shape index (κ2) is 4.88. The maximum absolute atomic E-state index is 2.28. The molecule has 2 rings (SSSR count). The fourth-order valence-electron chi connectivity index (χ4n) is 2.36. The smallest absolute Gasteiger partial charge is 0.00447 e. The third-order valence-electron chi connectivity index (χ3n) is 3.28. The Morgan fingerprint density at radius 2 is 1.64 bits per heavy atom. The molecule has 0 unspecified atom stereocenters. The van der Waals surface area contributed by atoms with E-state index in [1.807, 2.05) is 11.8 Å². The zero-order chi connectivity index (χ0) is 9.80. The van der Waals surface area contributed by atoms with Gasteiger partial charge in [-0.15, -0.1) is 0 Å². The van der Waals surface area contributed by atoms with Gasteiger partial charge >= 0.3 is 0 Å². The second-order valence-electron chi connectivity index (χ2n) is 4.12. The van der Waals surface area contributed by atoms with Crippen molar-refractivity contribution in [3.05, 3.63) is 35.9 Å². The predicted molar refractivity (Wildman–Crippen MR) is 65.0 cm³/mol. The fourth-order valence-corrected chi connectivity index (χ4v) is 3.10. The molecule has 76 valence electrons. The Kier molecular flexibility index (Phi) is 3.52. The van der Waals surface area contributed by atoms with Crippen LogP contribution in [0, 0.1) is 0 Å². The molecule has 1 aromatic rings. The molecular formula is C13H18S. The summed E-state index contributed by atoms with van der Waals surface area (Å²) in [5, 5.41) is 0.926. The Morgan fingerprint density at radius 3 is 2.21 bits per heavy atom. The molecule has 14 heavy (non-hydrogen) atoms. The van der Waals surface area contributed by atoms with Crippen LogP contribution in [0.15, 0.2) is 30.3 Å². The lowest BCUT2D eigenvalue weighted by Gasteiger charge is -2.27. The van der Waals surface area contributed by atoms with Gasteiger partial charge in [-0.1, -0.05) is 30.3 Å². The number of benzene rings is 1. The van der Waals surface area contributed by atoms with Crippen LogP contribution < -0.4 is 0 Å². The molecule has 1 heteroatoms. The quantitative estimate of drug-likeness (QED) is 0.702. The van der Waals surface area contributed by atoms with Crippen LogP contribution in [0.5, 0.6) is 0 Å². The molecule has 1 aliphatic rings. The predicted octanol–water partition coefficient (Wildman–Crippen LogP) is 4.08. The maximum Gasteiger partial charge on any atom is 0.00447 e. The maximum atomic E-state index is 2.28. The average Bonchev–Trinajstić information content (AvgIpc) is 2.30. The highest BCUT2D eigenvalue weighted by Crippen LogP contribution is 2.36. The Morgan fingerprint density at radius 1 is 1.00 bits per heavy atom. The van der Waals surface area contributed by atoms with E-state index < -0.39 is 0 Å². The van der Waals surface area contributed by atoms with Crippen LogP contribution in [-0.4, -0.2) is 11.5 Å².